The van der Waals surface area contributed by atoms with Crippen molar-refractivity contribution < 1.29 is 24.2 Å². The van der Waals surface area contributed by atoms with Crippen molar-refractivity contribution in [2.45, 2.75) is 0 Å². The van der Waals surface area contributed by atoms with Gasteiger partial charge in [0.15, 0.2) is 0 Å². The molecule has 46 valence electrons. The van der Waals surface area contributed by atoms with Crippen LogP contribution in [-0.2, 0) is 19.1 Å². The summed E-state index contributed by atoms with van der Waals surface area (Å²) in [6.07, 6.45) is 0. The highest BCUT2D eigenvalue weighted by atomic mass is 16.6. The molecule has 0 aliphatic rings. The van der Waals surface area contributed by atoms with Gasteiger partial charge in [-0.15, -0.1) is 0 Å². The Morgan fingerprint density at radius 1 is 1.12 bits per heavy atom. The van der Waals surface area contributed by atoms with Crippen molar-refractivity contribution in [2.24, 2.45) is 0 Å². The van der Waals surface area contributed by atoms with Crippen LogP contribution in [0, 0.1) is 0 Å². The summed E-state index contributed by atoms with van der Waals surface area (Å²) in [5.74, 6) is 0. The Labute approximate surface area is 44.9 Å². The maximum absolute atomic E-state index is 8.95. The van der Waals surface area contributed by atoms with Crippen molar-refractivity contribution in [2.75, 3.05) is 0 Å². The lowest BCUT2D eigenvalue weighted by atomic mass is 11.5. The summed E-state index contributed by atoms with van der Waals surface area (Å²) >= 11 is 0. The maximum Gasteiger partial charge on any atom is 0.300 e. The second-order valence-corrected chi connectivity index (χ2v) is 0.434. The van der Waals surface area contributed by atoms with Gasteiger partial charge in [0.05, 0.1) is 0 Å². The lowest BCUT2D eigenvalue weighted by Crippen LogP contribution is -1.77. The van der Waals surface area contributed by atoms with Gasteiger partial charge in [-0.3, -0.25) is 14.4 Å². The average molecular weight is 120 g/mol. The minimum atomic E-state index is -0.250. The molecule has 0 spiro atoms. The van der Waals surface area contributed by atoms with Crippen molar-refractivity contribution in [3.05, 3.63) is 0 Å². The van der Waals surface area contributed by atoms with Crippen LogP contribution in [0.4, 0.5) is 0 Å². The van der Waals surface area contributed by atoms with Crippen LogP contribution in [0.3, 0.4) is 0 Å². The first-order chi connectivity index (χ1) is 3.83. The molecule has 0 aliphatic heterocycles. The standard InChI is InChI=1S/C2H2O3.CH2O2/c3-1-5-2-4;2-1-3/h1-2H;1H,(H,2,3). The number of hydrogen-bond acceptors (Lipinski definition) is 4. The zero-order valence-corrected chi connectivity index (χ0v) is 3.81. The fourth-order valence-electron chi connectivity index (χ4n) is 0.0227. The van der Waals surface area contributed by atoms with Gasteiger partial charge in [0.2, 0.25) is 0 Å². The van der Waals surface area contributed by atoms with Gasteiger partial charge < -0.3 is 9.84 Å². The van der Waals surface area contributed by atoms with E-state index >= 15 is 0 Å². The predicted molar refractivity (Wildman–Crippen MR) is 21.9 cm³/mol. The highest BCUT2D eigenvalue weighted by molar-refractivity contribution is 5.55. The molecule has 0 heterocycles. The van der Waals surface area contributed by atoms with E-state index in [4.69, 9.17) is 19.5 Å². The monoisotopic (exact) mass is 120 g/mol. The summed E-state index contributed by atoms with van der Waals surface area (Å²) in [5, 5.41) is 6.89. The fourth-order valence-corrected chi connectivity index (χ4v) is 0.0227. The van der Waals surface area contributed by atoms with Crippen LogP contribution in [-0.4, -0.2) is 24.5 Å². The molecular weight excluding hydrogens is 116 g/mol. The summed E-state index contributed by atoms with van der Waals surface area (Å²) in [7, 11) is 0. The van der Waals surface area contributed by atoms with Crippen molar-refractivity contribution >= 4 is 19.4 Å². The highest BCUT2D eigenvalue weighted by Gasteiger charge is 1.58. The molecule has 5 heteroatoms. The molecule has 0 aromatic rings. The number of hydrogen-bond donors (Lipinski definition) is 1. The summed E-state index contributed by atoms with van der Waals surface area (Å²) in [6, 6.07) is 0. The first-order valence-corrected chi connectivity index (χ1v) is 1.44. The highest BCUT2D eigenvalue weighted by Crippen LogP contribution is 1.40. The topological polar surface area (TPSA) is 80.7 Å². The van der Waals surface area contributed by atoms with Crippen molar-refractivity contribution in [3.8, 4) is 0 Å². The van der Waals surface area contributed by atoms with Gasteiger partial charge in [0.25, 0.3) is 6.47 Å². The third kappa shape index (κ3) is 161. The minimum Gasteiger partial charge on any atom is -0.483 e. The van der Waals surface area contributed by atoms with Crippen LogP contribution in [0.15, 0.2) is 0 Å². The van der Waals surface area contributed by atoms with E-state index in [0.29, 0.717) is 0 Å². The van der Waals surface area contributed by atoms with Crippen LogP contribution >= 0.6 is 0 Å². The third-order valence-electron chi connectivity index (χ3n) is 0.111. The van der Waals surface area contributed by atoms with Crippen molar-refractivity contribution in [1.29, 1.82) is 0 Å². The van der Waals surface area contributed by atoms with E-state index in [1.807, 2.05) is 0 Å². The molecule has 0 saturated carbocycles. The molecule has 0 unspecified atom stereocenters. The summed E-state index contributed by atoms with van der Waals surface area (Å²) in [4.78, 5) is 26.3. The summed E-state index contributed by atoms with van der Waals surface area (Å²) in [6.45, 7) is -0.125. The normalized spacial score (nSPS) is 5.00. The van der Waals surface area contributed by atoms with Crippen molar-refractivity contribution in [1.82, 2.24) is 0 Å². The third-order valence-corrected chi connectivity index (χ3v) is 0.111. The van der Waals surface area contributed by atoms with E-state index in [-0.39, 0.29) is 19.4 Å². The zero-order valence-electron chi connectivity index (χ0n) is 3.81. The van der Waals surface area contributed by atoms with Gasteiger partial charge in [-0.1, -0.05) is 0 Å². The molecule has 5 nitrogen and oxygen atoms in total. The largest absolute Gasteiger partial charge is 0.483 e. The number of carbonyl (C=O) groups excluding carboxylic acids is 2. The number of carbonyl (C=O) groups is 3. The van der Waals surface area contributed by atoms with Crippen LogP contribution in [0.2, 0.25) is 0 Å². The van der Waals surface area contributed by atoms with Gasteiger partial charge in [-0.25, -0.2) is 0 Å². The second kappa shape index (κ2) is 17.5. The number of carboxylic acid groups (broad SMARTS) is 1. The number of ether oxygens (including phenoxy) is 1. The molecule has 0 amide bonds. The SMILES string of the molecule is O=CO.O=COC=O. The Morgan fingerprint density at radius 2 is 1.38 bits per heavy atom. The second-order valence-electron chi connectivity index (χ2n) is 0.434. The Hall–Kier alpha value is -1.39. The van der Waals surface area contributed by atoms with E-state index in [2.05, 4.69) is 4.74 Å². The molecule has 0 aromatic carbocycles. The van der Waals surface area contributed by atoms with E-state index < -0.39 is 0 Å². The Bertz CT molecular complexity index is 62.1. The molecule has 0 bridgehead atoms. The van der Waals surface area contributed by atoms with Gasteiger partial charge in [0, 0.05) is 0 Å². The van der Waals surface area contributed by atoms with Gasteiger partial charge >= 0.3 is 12.9 Å². The molecule has 8 heavy (non-hydrogen) atoms. The minimum absolute atomic E-state index is 0.0625. The average Bonchev–Trinajstić information content (AvgIpc) is 1.71. The summed E-state index contributed by atoms with van der Waals surface area (Å²) < 4.78 is 3.47. The predicted octanol–water partition coefficient (Wildman–Crippen LogP) is -0.983. The van der Waals surface area contributed by atoms with Crippen molar-refractivity contribution in [3.63, 3.8) is 0 Å². The molecule has 0 radical (unpaired) electrons. The molecule has 0 saturated heterocycles. The summed E-state index contributed by atoms with van der Waals surface area (Å²) in [5.41, 5.74) is 0. The molecule has 0 aromatic heterocycles. The molecule has 0 atom stereocenters. The Balaban J connectivity index is 0. The molecular formula is C3H4O5. The van der Waals surface area contributed by atoms with E-state index in [0.717, 1.165) is 0 Å². The lowest BCUT2D eigenvalue weighted by molar-refractivity contribution is -0.141. The van der Waals surface area contributed by atoms with Crippen LogP contribution in [0.5, 0.6) is 0 Å². The maximum atomic E-state index is 8.95. The Morgan fingerprint density at radius 3 is 1.38 bits per heavy atom. The van der Waals surface area contributed by atoms with Gasteiger partial charge in [0.1, 0.15) is 0 Å². The Kier molecular flexibility index (Phi) is 21.4. The first kappa shape index (κ1) is 9.79. The molecule has 1 N–H and O–H groups in total. The van der Waals surface area contributed by atoms with Crippen LogP contribution < -0.4 is 0 Å². The lowest BCUT2D eigenvalue weighted by Gasteiger charge is -1.65. The fraction of sp³-hybridized carbons (Fsp3) is 0. The quantitative estimate of drug-likeness (QED) is 0.374. The van der Waals surface area contributed by atoms with Gasteiger partial charge in [-0.2, -0.15) is 0 Å². The van der Waals surface area contributed by atoms with Crippen LogP contribution in [0.1, 0.15) is 0 Å². The van der Waals surface area contributed by atoms with Crippen LogP contribution in [0.25, 0.3) is 0 Å². The smallest absolute Gasteiger partial charge is 0.300 e. The molecule has 0 rings (SSSR count). The zero-order chi connectivity index (χ0) is 6.83. The number of rotatable bonds is 2. The van der Waals surface area contributed by atoms with Gasteiger partial charge in [-0.05, 0) is 0 Å². The van der Waals surface area contributed by atoms with E-state index in [1.54, 1.807) is 0 Å². The molecule has 0 aliphatic carbocycles. The van der Waals surface area contributed by atoms with E-state index in [9.17, 15) is 0 Å². The van der Waals surface area contributed by atoms with E-state index in [1.165, 1.54) is 0 Å². The first-order valence-electron chi connectivity index (χ1n) is 1.44. The molecule has 0 fully saturated rings.